The molecular weight excluding hydrogens is 412 g/mol. The van der Waals surface area contributed by atoms with E-state index in [1.807, 2.05) is 36.6 Å². The Morgan fingerprint density at radius 1 is 1.10 bits per heavy atom. The molecule has 2 heterocycles. The first kappa shape index (κ1) is 20.8. The summed E-state index contributed by atoms with van der Waals surface area (Å²) >= 11 is 1.51. The highest BCUT2D eigenvalue weighted by molar-refractivity contribution is 7.09. The van der Waals surface area contributed by atoms with E-state index in [1.54, 1.807) is 43.5 Å². The van der Waals surface area contributed by atoms with Crippen LogP contribution in [0.4, 0.5) is 5.69 Å². The highest BCUT2D eigenvalue weighted by Gasteiger charge is 2.44. The Bertz CT molecular complexity index is 1090. The van der Waals surface area contributed by atoms with Gasteiger partial charge in [-0.05, 0) is 54.8 Å². The van der Waals surface area contributed by atoms with Crippen molar-refractivity contribution in [2.24, 2.45) is 0 Å². The maximum atomic E-state index is 13.4. The SMILES string of the molecule is COc1ccc(N2C(=O)CC(N(Cc3cccs3)C(=O)c3ccc(C)cc3)C2=O)cc1. The Labute approximate surface area is 184 Å². The highest BCUT2D eigenvalue weighted by atomic mass is 32.1. The molecule has 7 heteroatoms. The van der Waals surface area contributed by atoms with Gasteiger partial charge >= 0.3 is 0 Å². The van der Waals surface area contributed by atoms with Crippen LogP contribution in [-0.2, 0) is 16.1 Å². The molecule has 0 N–H and O–H groups in total. The molecule has 1 unspecified atom stereocenters. The molecule has 1 fully saturated rings. The number of thiophene rings is 1. The fourth-order valence-electron chi connectivity index (χ4n) is 3.62. The lowest BCUT2D eigenvalue weighted by Crippen LogP contribution is -2.45. The fourth-order valence-corrected chi connectivity index (χ4v) is 4.32. The van der Waals surface area contributed by atoms with E-state index < -0.39 is 11.9 Å². The minimum Gasteiger partial charge on any atom is -0.497 e. The molecule has 0 saturated carbocycles. The smallest absolute Gasteiger partial charge is 0.257 e. The van der Waals surface area contributed by atoms with E-state index in [1.165, 1.54) is 16.2 Å². The van der Waals surface area contributed by atoms with Crippen LogP contribution in [0.15, 0.2) is 66.0 Å². The lowest BCUT2D eigenvalue weighted by molar-refractivity contribution is -0.122. The molecule has 1 aliphatic heterocycles. The second-order valence-electron chi connectivity index (χ2n) is 7.36. The van der Waals surface area contributed by atoms with Gasteiger partial charge in [0.1, 0.15) is 11.8 Å². The number of carbonyl (C=O) groups is 3. The number of benzene rings is 2. The lowest BCUT2D eigenvalue weighted by atomic mass is 10.1. The van der Waals surface area contributed by atoms with E-state index in [-0.39, 0.29) is 24.8 Å². The molecule has 1 atom stereocenters. The topological polar surface area (TPSA) is 66.9 Å². The van der Waals surface area contributed by atoms with E-state index in [0.717, 1.165) is 15.3 Å². The molecule has 0 bridgehead atoms. The normalized spacial score (nSPS) is 15.9. The van der Waals surface area contributed by atoms with Gasteiger partial charge in [0.25, 0.3) is 11.8 Å². The largest absolute Gasteiger partial charge is 0.497 e. The number of nitrogens with zero attached hydrogens (tertiary/aromatic N) is 2. The monoisotopic (exact) mass is 434 g/mol. The second kappa shape index (κ2) is 8.73. The van der Waals surface area contributed by atoms with Gasteiger partial charge in [0.05, 0.1) is 25.8 Å². The molecule has 1 saturated heterocycles. The predicted octanol–water partition coefficient (Wildman–Crippen LogP) is 4.04. The molecule has 2 aromatic carbocycles. The number of hydrogen-bond acceptors (Lipinski definition) is 5. The van der Waals surface area contributed by atoms with Crippen LogP contribution >= 0.6 is 11.3 Å². The zero-order valence-electron chi connectivity index (χ0n) is 17.3. The average molecular weight is 435 g/mol. The minimum absolute atomic E-state index is 0.0478. The van der Waals surface area contributed by atoms with E-state index in [0.29, 0.717) is 17.0 Å². The molecule has 1 aliphatic rings. The van der Waals surface area contributed by atoms with Gasteiger partial charge in [-0.25, -0.2) is 4.90 Å². The zero-order chi connectivity index (χ0) is 22.0. The van der Waals surface area contributed by atoms with Crippen molar-refractivity contribution in [2.75, 3.05) is 12.0 Å². The van der Waals surface area contributed by atoms with Gasteiger partial charge in [-0.15, -0.1) is 11.3 Å². The summed E-state index contributed by atoms with van der Waals surface area (Å²) in [7, 11) is 1.55. The number of imide groups is 1. The van der Waals surface area contributed by atoms with Crippen molar-refractivity contribution < 1.29 is 19.1 Å². The maximum absolute atomic E-state index is 13.4. The van der Waals surface area contributed by atoms with Gasteiger partial charge in [-0.3, -0.25) is 14.4 Å². The first-order chi connectivity index (χ1) is 15.0. The number of amides is 3. The summed E-state index contributed by atoms with van der Waals surface area (Å²) in [5, 5.41) is 1.93. The minimum atomic E-state index is -0.856. The summed E-state index contributed by atoms with van der Waals surface area (Å²) in [5.74, 6) is -0.357. The van der Waals surface area contributed by atoms with Crippen LogP contribution < -0.4 is 9.64 Å². The standard InChI is InChI=1S/C24H22N2O4S/c1-16-5-7-17(8-6-16)23(28)25(15-20-4-3-13-31-20)21-14-22(27)26(24(21)29)18-9-11-19(30-2)12-10-18/h3-13,21H,14-15H2,1-2H3. The highest BCUT2D eigenvalue weighted by Crippen LogP contribution is 2.29. The van der Waals surface area contributed by atoms with Crippen LogP contribution in [-0.4, -0.2) is 35.8 Å². The molecule has 0 radical (unpaired) electrons. The van der Waals surface area contributed by atoms with Crippen LogP contribution in [0.3, 0.4) is 0 Å². The van der Waals surface area contributed by atoms with Crippen LogP contribution in [0.25, 0.3) is 0 Å². The molecule has 1 aromatic heterocycles. The summed E-state index contributed by atoms with van der Waals surface area (Å²) in [5.41, 5.74) is 2.00. The molecule has 0 aliphatic carbocycles. The van der Waals surface area contributed by atoms with Crippen molar-refractivity contribution in [3.05, 3.63) is 82.0 Å². The molecule has 4 rings (SSSR count). The van der Waals surface area contributed by atoms with Crippen LogP contribution in [0.1, 0.15) is 27.2 Å². The third kappa shape index (κ3) is 4.22. The van der Waals surface area contributed by atoms with Gasteiger partial charge in [0.15, 0.2) is 0 Å². The van der Waals surface area contributed by atoms with Crippen molar-refractivity contribution >= 4 is 34.7 Å². The molecule has 6 nitrogen and oxygen atoms in total. The molecule has 3 aromatic rings. The third-order valence-electron chi connectivity index (χ3n) is 5.30. The van der Waals surface area contributed by atoms with E-state index in [2.05, 4.69) is 0 Å². The van der Waals surface area contributed by atoms with Gasteiger partial charge in [-0.2, -0.15) is 0 Å². The predicted molar refractivity (Wildman–Crippen MR) is 119 cm³/mol. The first-order valence-corrected chi connectivity index (χ1v) is 10.8. The van der Waals surface area contributed by atoms with Gasteiger partial charge < -0.3 is 9.64 Å². The zero-order valence-corrected chi connectivity index (χ0v) is 18.1. The van der Waals surface area contributed by atoms with E-state index >= 15 is 0 Å². The second-order valence-corrected chi connectivity index (χ2v) is 8.40. The van der Waals surface area contributed by atoms with Gasteiger partial charge in [0, 0.05) is 10.4 Å². The third-order valence-corrected chi connectivity index (χ3v) is 6.16. The quantitative estimate of drug-likeness (QED) is 0.549. The van der Waals surface area contributed by atoms with Crippen molar-refractivity contribution in [2.45, 2.75) is 25.9 Å². The molecule has 0 spiro atoms. The number of aryl methyl sites for hydroxylation is 1. The first-order valence-electron chi connectivity index (χ1n) is 9.89. The van der Waals surface area contributed by atoms with E-state index in [4.69, 9.17) is 4.74 Å². The Balaban J connectivity index is 1.65. The summed E-state index contributed by atoms with van der Waals surface area (Å²) in [4.78, 5) is 43.1. The number of carbonyl (C=O) groups excluding carboxylic acids is 3. The van der Waals surface area contributed by atoms with Crippen LogP contribution in [0.5, 0.6) is 5.75 Å². The summed E-state index contributed by atoms with van der Waals surface area (Å²) < 4.78 is 5.15. The summed E-state index contributed by atoms with van der Waals surface area (Å²) in [6, 6.07) is 16.9. The number of ether oxygens (including phenoxy) is 1. The van der Waals surface area contributed by atoms with Gasteiger partial charge in [0.2, 0.25) is 5.91 Å². The average Bonchev–Trinajstić information content (AvgIpc) is 3.39. The van der Waals surface area contributed by atoms with Gasteiger partial charge in [-0.1, -0.05) is 23.8 Å². The van der Waals surface area contributed by atoms with Crippen LogP contribution in [0, 0.1) is 6.92 Å². The maximum Gasteiger partial charge on any atom is 0.257 e. The fraction of sp³-hybridized carbons (Fsp3) is 0.208. The number of rotatable bonds is 6. The number of anilines is 1. The number of methoxy groups -OCH3 is 1. The lowest BCUT2D eigenvalue weighted by Gasteiger charge is -2.27. The van der Waals surface area contributed by atoms with Crippen molar-refractivity contribution in [3.8, 4) is 5.75 Å². The van der Waals surface area contributed by atoms with Crippen molar-refractivity contribution in [1.29, 1.82) is 0 Å². The van der Waals surface area contributed by atoms with Crippen molar-refractivity contribution in [1.82, 2.24) is 4.90 Å². The number of hydrogen-bond donors (Lipinski definition) is 0. The summed E-state index contributed by atoms with van der Waals surface area (Å²) in [6.07, 6.45) is -0.0478. The molecular formula is C24H22N2O4S. The Morgan fingerprint density at radius 2 is 1.81 bits per heavy atom. The summed E-state index contributed by atoms with van der Waals surface area (Å²) in [6.45, 7) is 2.22. The Hall–Kier alpha value is -3.45. The van der Waals surface area contributed by atoms with Crippen LogP contribution in [0.2, 0.25) is 0 Å². The molecule has 158 valence electrons. The Kier molecular flexibility index (Phi) is 5.86. The molecule has 31 heavy (non-hydrogen) atoms. The van der Waals surface area contributed by atoms with Crippen molar-refractivity contribution in [3.63, 3.8) is 0 Å². The van der Waals surface area contributed by atoms with E-state index in [9.17, 15) is 14.4 Å². The molecule has 3 amide bonds. The Morgan fingerprint density at radius 3 is 2.42 bits per heavy atom.